The summed E-state index contributed by atoms with van der Waals surface area (Å²) < 4.78 is 0. The van der Waals surface area contributed by atoms with E-state index >= 15 is 0 Å². The summed E-state index contributed by atoms with van der Waals surface area (Å²) >= 11 is 0. The molecule has 1 unspecified atom stereocenters. The molecule has 3 rings (SSSR count). The van der Waals surface area contributed by atoms with Gasteiger partial charge in [-0.15, -0.1) is 0 Å². The zero-order valence-corrected chi connectivity index (χ0v) is 12.7. The Morgan fingerprint density at radius 3 is 2.41 bits per heavy atom. The maximum Gasteiger partial charge on any atom is 0.251 e. The summed E-state index contributed by atoms with van der Waals surface area (Å²) in [5.74, 6) is 0.938. The number of carbonyl (C=O) groups is 1. The fraction of sp³-hybridized carbons (Fsp3) is 0.222. The summed E-state index contributed by atoms with van der Waals surface area (Å²) in [6.07, 6.45) is 0. The highest BCUT2D eigenvalue weighted by Gasteiger charge is 2.22. The number of rotatable bonds is 4. The Balaban J connectivity index is 1.88. The van der Waals surface area contributed by atoms with Gasteiger partial charge >= 0.3 is 0 Å². The van der Waals surface area contributed by atoms with E-state index in [4.69, 9.17) is 0 Å². The standard InChI is InChI=1S/C18H19N3O/c1-12(2)16(21-18(22)13-8-4-3-5-9-13)17-19-14-10-6-7-11-15(14)20-17/h3-12,16H,1-2H3,(H,19,20)(H,21,22). The number of nitrogens with zero attached hydrogens (tertiary/aromatic N) is 1. The second-order valence-corrected chi connectivity index (χ2v) is 5.70. The minimum absolute atomic E-state index is 0.0836. The second kappa shape index (κ2) is 6.02. The third-order valence-electron chi connectivity index (χ3n) is 3.69. The highest BCUT2D eigenvalue weighted by molar-refractivity contribution is 5.94. The molecule has 0 spiro atoms. The van der Waals surface area contributed by atoms with Crippen LogP contribution in [0, 0.1) is 5.92 Å². The lowest BCUT2D eigenvalue weighted by atomic mass is 10.0. The Labute approximate surface area is 129 Å². The molecular weight excluding hydrogens is 274 g/mol. The van der Waals surface area contributed by atoms with Crippen LogP contribution in [0.3, 0.4) is 0 Å². The van der Waals surface area contributed by atoms with E-state index in [1.54, 1.807) is 0 Å². The van der Waals surface area contributed by atoms with Crippen LogP contribution in [0.2, 0.25) is 0 Å². The number of aromatic amines is 1. The molecule has 0 aliphatic heterocycles. The molecule has 2 N–H and O–H groups in total. The molecule has 0 fully saturated rings. The number of hydrogen-bond donors (Lipinski definition) is 2. The molecule has 0 aliphatic rings. The second-order valence-electron chi connectivity index (χ2n) is 5.70. The first-order valence-electron chi connectivity index (χ1n) is 7.45. The highest BCUT2D eigenvalue weighted by atomic mass is 16.1. The number of imidazole rings is 1. The van der Waals surface area contributed by atoms with Crippen molar-refractivity contribution < 1.29 is 4.79 Å². The number of para-hydroxylation sites is 2. The number of nitrogens with one attached hydrogen (secondary N) is 2. The number of fused-ring (bicyclic) bond motifs is 1. The molecule has 4 nitrogen and oxygen atoms in total. The van der Waals surface area contributed by atoms with Gasteiger partial charge in [0.05, 0.1) is 17.1 Å². The molecule has 1 atom stereocenters. The van der Waals surface area contributed by atoms with Gasteiger partial charge in [0.15, 0.2) is 0 Å². The monoisotopic (exact) mass is 293 g/mol. The van der Waals surface area contributed by atoms with E-state index in [0.29, 0.717) is 5.56 Å². The van der Waals surface area contributed by atoms with E-state index in [2.05, 4.69) is 29.1 Å². The molecule has 0 aliphatic carbocycles. The van der Waals surface area contributed by atoms with Gasteiger partial charge in [-0.05, 0) is 30.2 Å². The van der Waals surface area contributed by atoms with Crippen LogP contribution in [-0.4, -0.2) is 15.9 Å². The van der Waals surface area contributed by atoms with Crippen LogP contribution in [0.15, 0.2) is 54.6 Å². The predicted molar refractivity (Wildman–Crippen MR) is 87.6 cm³/mol. The van der Waals surface area contributed by atoms with Crippen LogP contribution < -0.4 is 5.32 Å². The third-order valence-corrected chi connectivity index (χ3v) is 3.69. The Kier molecular flexibility index (Phi) is 3.92. The summed E-state index contributed by atoms with van der Waals surface area (Å²) in [6, 6.07) is 17.0. The zero-order valence-electron chi connectivity index (χ0n) is 12.7. The van der Waals surface area contributed by atoms with Crippen LogP contribution in [0.1, 0.15) is 36.1 Å². The first kappa shape index (κ1) is 14.3. The number of amides is 1. The quantitative estimate of drug-likeness (QED) is 0.770. The average molecular weight is 293 g/mol. The molecule has 1 aromatic heterocycles. The SMILES string of the molecule is CC(C)C(NC(=O)c1ccccc1)c1nc2ccccc2[nH]1. The Morgan fingerprint density at radius 2 is 1.73 bits per heavy atom. The molecule has 1 heterocycles. The number of hydrogen-bond acceptors (Lipinski definition) is 2. The van der Waals surface area contributed by atoms with E-state index in [9.17, 15) is 4.79 Å². The van der Waals surface area contributed by atoms with Crippen molar-refractivity contribution in [2.75, 3.05) is 0 Å². The number of benzene rings is 2. The van der Waals surface area contributed by atoms with E-state index in [1.165, 1.54) is 0 Å². The minimum Gasteiger partial charge on any atom is -0.342 e. The van der Waals surface area contributed by atoms with Crippen LogP contribution in [-0.2, 0) is 0 Å². The van der Waals surface area contributed by atoms with E-state index < -0.39 is 0 Å². The van der Waals surface area contributed by atoms with Crippen molar-refractivity contribution in [2.24, 2.45) is 5.92 Å². The van der Waals surface area contributed by atoms with Crippen molar-refractivity contribution in [3.05, 3.63) is 66.0 Å². The van der Waals surface area contributed by atoms with Gasteiger partial charge in [0.25, 0.3) is 5.91 Å². The van der Waals surface area contributed by atoms with Crippen LogP contribution in [0.5, 0.6) is 0 Å². The van der Waals surface area contributed by atoms with E-state index in [1.807, 2.05) is 54.6 Å². The topological polar surface area (TPSA) is 57.8 Å². The van der Waals surface area contributed by atoms with Gasteiger partial charge in [-0.3, -0.25) is 4.79 Å². The molecule has 22 heavy (non-hydrogen) atoms. The zero-order chi connectivity index (χ0) is 15.5. The normalized spacial score (nSPS) is 12.5. The summed E-state index contributed by atoms with van der Waals surface area (Å²) in [5, 5.41) is 3.08. The molecule has 4 heteroatoms. The van der Waals surface area contributed by atoms with Crippen molar-refractivity contribution in [1.29, 1.82) is 0 Å². The van der Waals surface area contributed by atoms with Crippen molar-refractivity contribution in [3.8, 4) is 0 Å². The van der Waals surface area contributed by atoms with Gasteiger partial charge in [-0.25, -0.2) is 4.98 Å². The van der Waals surface area contributed by atoms with Crippen LogP contribution in [0.4, 0.5) is 0 Å². The molecule has 1 amide bonds. The Hall–Kier alpha value is -2.62. The first-order chi connectivity index (χ1) is 10.6. The largest absolute Gasteiger partial charge is 0.342 e. The molecule has 0 saturated carbocycles. The van der Waals surface area contributed by atoms with Gasteiger partial charge in [-0.2, -0.15) is 0 Å². The Morgan fingerprint density at radius 1 is 1.05 bits per heavy atom. The van der Waals surface area contributed by atoms with Gasteiger partial charge < -0.3 is 10.3 Å². The van der Waals surface area contributed by atoms with Gasteiger partial charge in [0.1, 0.15) is 5.82 Å². The molecule has 112 valence electrons. The summed E-state index contributed by atoms with van der Waals surface area (Å²) in [6.45, 7) is 4.15. The van der Waals surface area contributed by atoms with Crippen molar-refractivity contribution in [2.45, 2.75) is 19.9 Å². The fourth-order valence-corrected chi connectivity index (χ4v) is 2.48. The molecule has 3 aromatic rings. The molecule has 0 saturated heterocycles. The van der Waals surface area contributed by atoms with Crippen molar-refractivity contribution >= 4 is 16.9 Å². The maximum absolute atomic E-state index is 12.4. The summed E-state index contributed by atoms with van der Waals surface area (Å²) in [4.78, 5) is 20.3. The predicted octanol–water partition coefficient (Wildman–Crippen LogP) is 3.69. The lowest BCUT2D eigenvalue weighted by Crippen LogP contribution is -2.32. The summed E-state index contributed by atoms with van der Waals surface area (Å²) in [5.41, 5.74) is 2.55. The van der Waals surface area contributed by atoms with Gasteiger partial charge in [-0.1, -0.05) is 44.2 Å². The maximum atomic E-state index is 12.4. The minimum atomic E-state index is -0.153. The smallest absolute Gasteiger partial charge is 0.251 e. The van der Waals surface area contributed by atoms with Crippen molar-refractivity contribution in [3.63, 3.8) is 0 Å². The van der Waals surface area contributed by atoms with Crippen LogP contribution >= 0.6 is 0 Å². The van der Waals surface area contributed by atoms with E-state index in [-0.39, 0.29) is 17.9 Å². The average Bonchev–Trinajstić information content (AvgIpc) is 2.96. The van der Waals surface area contributed by atoms with Gasteiger partial charge in [0.2, 0.25) is 0 Å². The van der Waals surface area contributed by atoms with Gasteiger partial charge in [0, 0.05) is 5.56 Å². The van der Waals surface area contributed by atoms with Crippen molar-refractivity contribution in [1.82, 2.24) is 15.3 Å². The molecular formula is C18H19N3O. The molecule has 0 bridgehead atoms. The summed E-state index contributed by atoms with van der Waals surface area (Å²) in [7, 11) is 0. The number of aromatic nitrogens is 2. The third kappa shape index (κ3) is 2.86. The van der Waals surface area contributed by atoms with Crippen LogP contribution in [0.25, 0.3) is 11.0 Å². The molecule has 2 aromatic carbocycles. The number of carbonyl (C=O) groups excluding carboxylic acids is 1. The van der Waals surface area contributed by atoms with E-state index in [0.717, 1.165) is 16.9 Å². The fourth-order valence-electron chi connectivity index (χ4n) is 2.48. The lowest BCUT2D eigenvalue weighted by molar-refractivity contribution is 0.0923. The lowest BCUT2D eigenvalue weighted by Gasteiger charge is -2.20. The Bertz CT molecular complexity index is 744. The number of H-pyrrole nitrogens is 1. The first-order valence-corrected chi connectivity index (χ1v) is 7.45. The molecule has 0 radical (unpaired) electrons. The highest BCUT2D eigenvalue weighted by Crippen LogP contribution is 2.22.